The predicted molar refractivity (Wildman–Crippen MR) is 81.3 cm³/mol. The zero-order valence-corrected chi connectivity index (χ0v) is 13.1. The summed E-state index contributed by atoms with van der Waals surface area (Å²) in [7, 11) is 0. The van der Waals surface area contributed by atoms with Gasteiger partial charge in [-0.1, -0.05) is 17.7 Å². The second kappa shape index (κ2) is 6.95. The first kappa shape index (κ1) is 16.8. The maximum Gasteiger partial charge on any atom is 0.412 e. The summed E-state index contributed by atoms with van der Waals surface area (Å²) in [5.41, 5.74) is 0.987. The molecule has 2 N–H and O–H groups in total. The van der Waals surface area contributed by atoms with E-state index >= 15 is 0 Å². The molecule has 4 nitrogen and oxygen atoms in total. The molecule has 5 heteroatoms. The molecule has 0 aromatic heterocycles. The lowest BCUT2D eigenvalue weighted by Gasteiger charge is -2.20. The average molecular weight is 300 g/mol. The van der Waals surface area contributed by atoms with Crippen molar-refractivity contribution in [3.05, 3.63) is 28.8 Å². The van der Waals surface area contributed by atoms with Gasteiger partial charge in [-0.25, -0.2) is 4.79 Å². The molecule has 0 unspecified atom stereocenters. The summed E-state index contributed by atoms with van der Waals surface area (Å²) in [6.45, 7) is 7.15. The molecule has 112 valence electrons. The van der Waals surface area contributed by atoms with E-state index in [0.29, 0.717) is 17.1 Å². The van der Waals surface area contributed by atoms with Gasteiger partial charge in [0.15, 0.2) is 0 Å². The van der Waals surface area contributed by atoms with Gasteiger partial charge in [0.25, 0.3) is 0 Å². The number of rotatable bonds is 4. The molecule has 1 atom stereocenters. The second-order valence-electron chi connectivity index (χ2n) is 5.83. The topological polar surface area (TPSA) is 58.6 Å². The molecule has 1 rings (SSSR count). The first-order valence-corrected chi connectivity index (χ1v) is 7.01. The summed E-state index contributed by atoms with van der Waals surface area (Å²) >= 11 is 6.13. The van der Waals surface area contributed by atoms with E-state index in [2.05, 4.69) is 5.32 Å². The van der Waals surface area contributed by atoms with Crippen LogP contribution in [-0.2, 0) is 11.2 Å². The van der Waals surface area contributed by atoms with Gasteiger partial charge in [-0.3, -0.25) is 5.32 Å². The third-order valence-corrected chi connectivity index (χ3v) is 2.83. The fourth-order valence-electron chi connectivity index (χ4n) is 1.60. The molecule has 0 radical (unpaired) electrons. The second-order valence-corrected chi connectivity index (χ2v) is 6.24. The molecule has 1 aromatic rings. The Morgan fingerprint density at radius 1 is 1.45 bits per heavy atom. The highest BCUT2D eigenvalue weighted by molar-refractivity contribution is 6.33. The highest BCUT2D eigenvalue weighted by Crippen LogP contribution is 2.24. The van der Waals surface area contributed by atoms with E-state index in [4.69, 9.17) is 16.3 Å². The highest BCUT2D eigenvalue weighted by Gasteiger charge is 2.17. The molecule has 0 heterocycles. The summed E-state index contributed by atoms with van der Waals surface area (Å²) in [5, 5.41) is 12.3. The molecule has 0 aliphatic heterocycles. The van der Waals surface area contributed by atoms with Gasteiger partial charge in [-0.15, -0.1) is 0 Å². The van der Waals surface area contributed by atoms with Gasteiger partial charge in [0.05, 0.1) is 16.8 Å². The Balaban J connectivity index is 2.66. The molecule has 0 saturated carbocycles. The molecule has 1 amide bonds. The smallest absolute Gasteiger partial charge is 0.412 e. The number of ether oxygens (including phenoxy) is 1. The zero-order chi connectivity index (χ0) is 15.3. The van der Waals surface area contributed by atoms with Gasteiger partial charge in [-0.05, 0) is 58.2 Å². The average Bonchev–Trinajstić information content (AvgIpc) is 2.27. The summed E-state index contributed by atoms with van der Waals surface area (Å²) in [6.07, 6.45) is 0.545. The number of carbonyl (C=O) groups excluding carboxylic acids is 1. The van der Waals surface area contributed by atoms with Crippen LogP contribution in [0.1, 0.15) is 39.7 Å². The van der Waals surface area contributed by atoms with Crippen molar-refractivity contribution >= 4 is 23.4 Å². The van der Waals surface area contributed by atoms with Crippen LogP contribution in [0.3, 0.4) is 0 Å². The van der Waals surface area contributed by atoms with Crippen LogP contribution in [0, 0.1) is 0 Å². The number of halogens is 1. The van der Waals surface area contributed by atoms with Crippen molar-refractivity contribution in [1.82, 2.24) is 0 Å². The lowest BCUT2D eigenvalue weighted by molar-refractivity contribution is 0.0636. The SMILES string of the molecule is C[C@H](O)CCc1ccc(NC(=O)OC(C)(C)C)c(Cl)c1. The molecular formula is C15H22ClNO3. The number of nitrogens with one attached hydrogen (secondary N) is 1. The minimum atomic E-state index is -0.548. The number of hydrogen-bond acceptors (Lipinski definition) is 3. The molecule has 20 heavy (non-hydrogen) atoms. The van der Waals surface area contributed by atoms with Crippen molar-refractivity contribution in [2.45, 2.75) is 52.2 Å². The Hall–Kier alpha value is -1.26. The van der Waals surface area contributed by atoms with E-state index in [1.807, 2.05) is 6.07 Å². The lowest BCUT2D eigenvalue weighted by Crippen LogP contribution is -2.27. The number of anilines is 1. The van der Waals surface area contributed by atoms with E-state index < -0.39 is 11.7 Å². The van der Waals surface area contributed by atoms with Crippen LogP contribution in [0.15, 0.2) is 18.2 Å². The molecule has 0 saturated heterocycles. The van der Waals surface area contributed by atoms with Gasteiger partial charge in [0, 0.05) is 0 Å². The fraction of sp³-hybridized carbons (Fsp3) is 0.533. The maximum atomic E-state index is 11.7. The summed E-state index contributed by atoms with van der Waals surface area (Å²) in [6, 6.07) is 5.40. The van der Waals surface area contributed by atoms with Gasteiger partial charge in [-0.2, -0.15) is 0 Å². The van der Waals surface area contributed by atoms with E-state index in [1.165, 1.54) is 0 Å². The Morgan fingerprint density at radius 3 is 2.60 bits per heavy atom. The number of hydrogen-bond donors (Lipinski definition) is 2. The van der Waals surface area contributed by atoms with Crippen LogP contribution in [0.4, 0.5) is 10.5 Å². The number of benzene rings is 1. The quantitative estimate of drug-likeness (QED) is 0.883. The standard InChI is InChI=1S/C15H22ClNO3/c1-10(18)5-6-11-7-8-13(12(16)9-11)17-14(19)20-15(2,3)4/h7-10,18H,5-6H2,1-4H3,(H,17,19)/t10-/m0/s1. The van der Waals surface area contributed by atoms with Crippen molar-refractivity contribution in [1.29, 1.82) is 0 Å². The summed E-state index contributed by atoms with van der Waals surface area (Å²) in [4.78, 5) is 11.7. The van der Waals surface area contributed by atoms with E-state index in [0.717, 1.165) is 12.0 Å². The Morgan fingerprint density at radius 2 is 2.10 bits per heavy atom. The van der Waals surface area contributed by atoms with Gasteiger partial charge in [0.2, 0.25) is 0 Å². The van der Waals surface area contributed by atoms with E-state index in [1.54, 1.807) is 39.8 Å². The third-order valence-electron chi connectivity index (χ3n) is 2.52. The van der Waals surface area contributed by atoms with Crippen LogP contribution in [0.5, 0.6) is 0 Å². The van der Waals surface area contributed by atoms with Crippen molar-refractivity contribution < 1.29 is 14.6 Å². The normalized spacial score (nSPS) is 12.9. The molecule has 0 aliphatic carbocycles. The van der Waals surface area contributed by atoms with Crippen LogP contribution in [0.2, 0.25) is 5.02 Å². The molecular weight excluding hydrogens is 278 g/mol. The van der Waals surface area contributed by atoms with Gasteiger partial charge < -0.3 is 9.84 Å². The summed E-state index contributed by atoms with van der Waals surface area (Å²) < 4.78 is 5.16. The minimum Gasteiger partial charge on any atom is -0.444 e. The molecule has 0 fully saturated rings. The lowest BCUT2D eigenvalue weighted by atomic mass is 10.1. The number of amides is 1. The minimum absolute atomic E-state index is 0.339. The number of carbonyl (C=O) groups is 1. The predicted octanol–water partition coefficient (Wildman–Crippen LogP) is 4.00. The Kier molecular flexibility index (Phi) is 5.84. The molecule has 0 aliphatic rings. The maximum absolute atomic E-state index is 11.7. The van der Waals surface area contributed by atoms with Crippen molar-refractivity contribution in [3.63, 3.8) is 0 Å². The molecule has 0 spiro atoms. The van der Waals surface area contributed by atoms with Crippen molar-refractivity contribution in [2.24, 2.45) is 0 Å². The number of aryl methyl sites for hydroxylation is 1. The zero-order valence-electron chi connectivity index (χ0n) is 12.4. The van der Waals surface area contributed by atoms with E-state index in [9.17, 15) is 9.90 Å². The van der Waals surface area contributed by atoms with Crippen LogP contribution >= 0.6 is 11.6 Å². The van der Waals surface area contributed by atoms with Crippen LogP contribution < -0.4 is 5.32 Å². The number of aliphatic hydroxyl groups excluding tert-OH is 1. The largest absolute Gasteiger partial charge is 0.444 e. The third kappa shape index (κ3) is 6.26. The monoisotopic (exact) mass is 299 g/mol. The fourth-order valence-corrected chi connectivity index (χ4v) is 1.85. The molecule has 0 bridgehead atoms. The van der Waals surface area contributed by atoms with Crippen molar-refractivity contribution in [2.75, 3.05) is 5.32 Å². The van der Waals surface area contributed by atoms with Crippen LogP contribution in [0.25, 0.3) is 0 Å². The van der Waals surface area contributed by atoms with E-state index in [-0.39, 0.29) is 6.10 Å². The van der Waals surface area contributed by atoms with Gasteiger partial charge in [0.1, 0.15) is 5.60 Å². The first-order chi connectivity index (χ1) is 9.17. The van der Waals surface area contributed by atoms with Gasteiger partial charge >= 0.3 is 6.09 Å². The number of aliphatic hydroxyl groups is 1. The van der Waals surface area contributed by atoms with Crippen molar-refractivity contribution in [3.8, 4) is 0 Å². The molecule has 1 aromatic carbocycles. The Labute approximate surface area is 125 Å². The Bertz CT molecular complexity index is 467. The van der Waals surface area contributed by atoms with Crippen LogP contribution in [-0.4, -0.2) is 22.9 Å². The summed E-state index contributed by atoms with van der Waals surface area (Å²) in [5.74, 6) is 0. The highest BCUT2D eigenvalue weighted by atomic mass is 35.5. The first-order valence-electron chi connectivity index (χ1n) is 6.64.